The van der Waals surface area contributed by atoms with Crippen molar-refractivity contribution < 1.29 is 8.42 Å². The van der Waals surface area contributed by atoms with Gasteiger partial charge in [-0.1, -0.05) is 0 Å². The first-order valence-electron chi connectivity index (χ1n) is 3.68. The highest BCUT2D eigenvalue weighted by molar-refractivity contribution is 7.90. The van der Waals surface area contributed by atoms with Crippen LogP contribution in [0.1, 0.15) is 6.92 Å². The van der Waals surface area contributed by atoms with E-state index in [2.05, 4.69) is 10.0 Å². The molecule has 12 heavy (non-hydrogen) atoms. The fourth-order valence-corrected chi connectivity index (χ4v) is 1.75. The summed E-state index contributed by atoms with van der Waals surface area (Å²) in [7, 11) is -3.42. The van der Waals surface area contributed by atoms with E-state index in [9.17, 15) is 8.42 Å². The quantitative estimate of drug-likeness (QED) is 0.583. The number of nitrogens with one attached hydrogen (secondary N) is 2. The van der Waals surface area contributed by atoms with E-state index in [4.69, 9.17) is 5.26 Å². The zero-order valence-electron chi connectivity index (χ0n) is 6.74. The normalized spacial score (nSPS) is 21.0. The Balaban J connectivity index is 2.54. The molecular formula is C6H11N3O2S. The van der Waals surface area contributed by atoms with Gasteiger partial charge in [-0.05, 0) is 6.92 Å². The molecule has 1 saturated heterocycles. The molecule has 6 heteroatoms. The molecule has 1 aliphatic rings. The molecule has 1 aliphatic heterocycles. The van der Waals surface area contributed by atoms with Crippen molar-refractivity contribution in [2.45, 2.75) is 18.2 Å². The lowest BCUT2D eigenvalue weighted by Gasteiger charge is -2.27. The fraction of sp³-hybridized carbons (Fsp3) is 0.833. The minimum absolute atomic E-state index is 0.0363. The summed E-state index contributed by atoms with van der Waals surface area (Å²) in [6.45, 7) is 2.67. The van der Waals surface area contributed by atoms with Crippen molar-refractivity contribution in [2.24, 2.45) is 0 Å². The number of hydrogen-bond donors (Lipinski definition) is 2. The first-order valence-corrected chi connectivity index (χ1v) is 5.22. The highest BCUT2D eigenvalue weighted by Gasteiger charge is 2.27. The van der Waals surface area contributed by atoms with E-state index >= 15 is 0 Å². The second-order valence-corrected chi connectivity index (χ2v) is 4.82. The number of sulfonamides is 1. The van der Waals surface area contributed by atoms with Crippen molar-refractivity contribution in [3.8, 4) is 6.07 Å². The van der Waals surface area contributed by atoms with Crippen LogP contribution in [0.4, 0.5) is 0 Å². The summed E-state index contributed by atoms with van der Waals surface area (Å²) in [6, 6.07) is 1.65. The van der Waals surface area contributed by atoms with Crippen molar-refractivity contribution in [3.05, 3.63) is 0 Å². The van der Waals surface area contributed by atoms with Crippen LogP contribution in [0.2, 0.25) is 0 Å². The van der Waals surface area contributed by atoms with Gasteiger partial charge in [0.25, 0.3) is 0 Å². The molecule has 1 heterocycles. The number of nitriles is 1. The lowest BCUT2D eigenvalue weighted by atomic mass is 10.2. The maximum atomic E-state index is 11.2. The summed E-state index contributed by atoms with van der Waals surface area (Å²) >= 11 is 0. The lowest BCUT2D eigenvalue weighted by Crippen LogP contribution is -2.57. The maximum absolute atomic E-state index is 11.2. The number of rotatable bonds is 3. The van der Waals surface area contributed by atoms with Gasteiger partial charge in [0.15, 0.2) is 5.25 Å². The van der Waals surface area contributed by atoms with Crippen LogP contribution >= 0.6 is 0 Å². The van der Waals surface area contributed by atoms with Gasteiger partial charge >= 0.3 is 0 Å². The molecule has 1 rings (SSSR count). The van der Waals surface area contributed by atoms with E-state index in [1.54, 1.807) is 6.07 Å². The van der Waals surface area contributed by atoms with Gasteiger partial charge in [-0.3, -0.25) is 0 Å². The summed E-state index contributed by atoms with van der Waals surface area (Å²) in [5.41, 5.74) is 0. The molecule has 68 valence electrons. The predicted octanol–water partition coefficient (Wildman–Crippen LogP) is -1.21. The molecule has 0 aliphatic carbocycles. The number of nitrogens with zero attached hydrogens (tertiary/aromatic N) is 1. The molecule has 1 unspecified atom stereocenters. The third-order valence-electron chi connectivity index (χ3n) is 1.76. The van der Waals surface area contributed by atoms with Crippen molar-refractivity contribution in [2.75, 3.05) is 13.1 Å². The van der Waals surface area contributed by atoms with Gasteiger partial charge in [0, 0.05) is 19.1 Å². The van der Waals surface area contributed by atoms with Crippen LogP contribution in [-0.2, 0) is 10.0 Å². The van der Waals surface area contributed by atoms with Crippen LogP contribution < -0.4 is 10.0 Å². The molecule has 0 spiro atoms. The van der Waals surface area contributed by atoms with Crippen molar-refractivity contribution in [1.29, 1.82) is 5.26 Å². The van der Waals surface area contributed by atoms with Crippen LogP contribution in [0.3, 0.4) is 0 Å². The van der Waals surface area contributed by atoms with Gasteiger partial charge in [0.1, 0.15) is 0 Å². The molecule has 0 radical (unpaired) electrons. The Bertz CT molecular complexity index is 288. The summed E-state index contributed by atoms with van der Waals surface area (Å²) < 4.78 is 24.8. The Morgan fingerprint density at radius 2 is 2.25 bits per heavy atom. The monoisotopic (exact) mass is 189 g/mol. The van der Waals surface area contributed by atoms with Crippen molar-refractivity contribution in [3.63, 3.8) is 0 Å². The summed E-state index contributed by atoms with van der Waals surface area (Å²) in [4.78, 5) is 0. The standard InChI is InChI=1S/C6H11N3O2S/c1-5(2-7)12(10,11)9-6-3-8-4-6/h5-6,8-9H,3-4H2,1H3. The Kier molecular flexibility index (Phi) is 2.67. The SMILES string of the molecule is CC(C#N)S(=O)(=O)NC1CNC1. The predicted molar refractivity (Wildman–Crippen MR) is 43.8 cm³/mol. The average Bonchev–Trinajstić information content (AvgIpc) is 1.95. The van der Waals surface area contributed by atoms with Crippen LogP contribution in [0, 0.1) is 11.3 Å². The Labute approximate surface area is 71.8 Å². The highest BCUT2D eigenvalue weighted by Crippen LogP contribution is 2.00. The van der Waals surface area contributed by atoms with Gasteiger partial charge in [-0.2, -0.15) is 5.26 Å². The maximum Gasteiger partial charge on any atom is 0.228 e. The smallest absolute Gasteiger partial charge is 0.228 e. The Hall–Kier alpha value is -0.640. The molecule has 0 aromatic carbocycles. The highest BCUT2D eigenvalue weighted by atomic mass is 32.2. The van der Waals surface area contributed by atoms with Gasteiger partial charge in [0.05, 0.1) is 6.07 Å². The van der Waals surface area contributed by atoms with E-state index in [0.717, 1.165) is 0 Å². The third-order valence-corrected chi connectivity index (χ3v) is 3.46. The van der Waals surface area contributed by atoms with Gasteiger partial charge in [-0.25, -0.2) is 13.1 Å². The van der Waals surface area contributed by atoms with Crippen LogP contribution in [0.25, 0.3) is 0 Å². The summed E-state index contributed by atoms with van der Waals surface area (Å²) in [5, 5.41) is 10.3. The van der Waals surface area contributed by atoms with Crippen LogP contribution in [0.5, 0.6) is 0 Å². The molecule has 0 aromatic rings. The molecular weight excluding hydrogens is 178 g/mol. The lowest BCUT2D eigenvalue weighted by molar-refractivity contribution is 0.409. The zero-order chi connectivity index (χ0) is 9.19. The van der Waals surface area contributed by atoms with Gasteiger partial charge < -0.3 is 5.32 Å². The van der Waals surface area contributed by atoms with Gasteiger partial charge in [-0.15, -0.1) is 0 Å². The molecule has 1 fully saturated rings. The molecule has 1 atom stereocenters. The van der Waals surface area contributed by atoms with E-state index in [-0.39, 0.29) is 6.04 Å². The summed E-state index contributed by atoms with van der Waals surface area (Å²) in [5.74, 6) is 0. The molecule has 0 saturated carbocycles. The van der Waals surface area contributed by atoms with Crippen LogP contribution in [0.15, 0.2) is 0 Å². The van der Waals surface area contributed by atoms with E-state index < -0.39 is 15.3 Å². The number of hydrogen-bond acceptors (Lipinski definition) is 4. The van der Waals surface area contributed by atoms with E-state index in [1.165, 1.54) is 6.92 Å². The Morgan fingerprint density at radius 3 is 2.58 bits per heavy atom. The Morgan fingerprint density at radius 1 is 1.67 bits per heavy atom. The first kappa shape index (κ1) is 9.45. The van der Waals surface area contributed by atoms with Crippen molar-refractivity contribution in [1.82, 2.24) is 10.0 Å². The largest absolute Gasteiger partial charge is 0.313 e. The first-order chi connectivity index (χ1) is 5.56. The van der Waals surface area contributed by atoms with Gasteiger partial charge in [0.2, 0.25) is 10.0 Å². The molecule has 0 amide bonds. The van der Waals surface area contributed by atoms with E-state index in [1.807, 2.05) is 0 Å². The third kappa shape index (κ3) is 1.94. The average molecular weight is 189 g/mol. The van der Waals surface area contributed by atoms with Crippen LogP contribution in [-0.4, -0.2) is 32.8 Å². The molecule has 2 N–H and O–H groups in total. The minimum Gasteiger partial charge on any atom is -0.313 e. The molecule has 0 aromatic heterocycles. The minimum atomic E-state index is -3.42. The fourth-order valence-electron chi connectivity index (χ4n) is 0.776. The summed E-state index contributed by atoms with van der Waals surface area (Å²) in [6.07, 6.45) is 0. The van der Waals surface area contributed by atoms with E-state index in [0.29, 0.717) is 13.1 Å². The topological polar surface area (TPSA) is 82.0 Å². The second kappa shape index (κ2) is 3.39. The molecule has 5 nitrogen and oxygen atoms in total. The molecule has 0 bridgehead atoms. The van der Waals surface area contributed by atoms with Crippen molar-refractivity contribution >= 4 is 10.0 Å². The zero-order valence-corrected chi connectivity index (χ0v) is 7.56. The second-order valence-electron chi connectivity index (χ2n) is 2.79.